The van der Waals surface area contributed by atoms with Crippen LogP contribution >= 0.6 is 0 Å². The number of aromatic amines is 1. The van der Waals surface area contributed by atoms with Crippen LogP contribution < -0.4 is 5.32 Å². The molecule has 0 bridgehead atoms. The molecule has 1 aromatic heterocycles. The number of hydrogen-bond donors (Lipinski definition) is 2. The number of nitrogens with one attached hydrogen (secondary N) is 2. The third-order valence-corrected chi connectivity index (χ3v) is 4.73. The van der Waals surface area contributed by atoms with E-state index in [-0.39, 0.29) is 0 Å². The van der Waals surface area contributed by atoms with E-state index in [1.165, 1.54) is 36.9 Å². The molecule has 0 saturated heterocycles. The fourth-order valence-corrected chi connectivity index (χ4v) is 3.36. The monoisotopic (exact) mass is 283 g/mol. The summed E-state index contributed by atoms with van der Waals surface area (Å²) in [5.74, 6) is 1.68. The number of benzene rings is 1. The molecular formula is C18H25N3. The minimum Gasteiger partial charge on any atom is -0.382 e. The van der Waals surface area contributed by atoms with Gasteiger partial charge in [0.25, 0.3) is 0 Å². The molecular weight excluding hydrogens is 258 g/mol. The molecule has 3 nitrogen and oxygen atoms in total. The summed E-state index contributed by atoms with van der Waals surface area (Å²) in [5, 5.41) is 10.7. The second-order valence-corrected chi connectivity index (χ2v) is 6.56. The van der Waals surface area contributed by atoms with Crippen molar-refractivity contribution in [3.63, 3.8) is 0 Å². The molecule has 0 aliphatic heterocycles. The van der Waals surface area contributed by atoms with E-state index in [9.17, 15) is 0 Å². The van der Waals surface area contributed by atoms with Gasteiger partial charge in [0.15, 0.2) is 0 Å². The second kappa shape index (κ2) is 6.33. The van der Waals surface area contributed by atoms with Gasteiger partial charge in [0.2, 0.25) is 0 Å². The van der Waals surface area contributed by atoms with E-state index in [1.807, 2.05) is 6.07 Å². The van der Waals surface area contributed by atoms with Crippen molar-refractivity contribution < 1.29 is 0 Å². The SMILES string of the molecule is CC(C)C1CCCC(Nc2ccc(-c3ccn[nH]3)cc2)C1. The molecule has 1 heterocycles. The summed E-state index contributed by atoms with van der Waals surface area (Å²) in [7, 11) is 0. The second-order valence-electron chi connectivity index (χ2n) is 6.56. The smallest absolute Gasteiger partial charge is 0.0650 e. The van der Waals surface area contributed by atoms with E-state index >= 15 is 0 Å². The number of hydrogen-bond acceptors (Lipinski definition) is 2. The molecule has 2 atom stereocenters. The third-order valence-electron chi connectivity index (χ3n) is 4.73. The summed E-state index contributed by atoms with van der Waals surface area (Å²) >= 11 is 0. The van der Waals surface area contributed by atoms with Crippen LogP contribution in [0.3, 0.4) is 0 Å². The van der Waals surface area contributed by atoms with Gasteiger partial charge in [-0.25, -0.2) is 0 Å². The first-order valence-corrected chi connectivity index (χ1v) is 8.08. The first kappa shape index (κ1) is 14.2. The highest BCUT2D eigenvalue weighted by atomic mass is 15.1. The van der Waals surface area contributed by atoms with Crippen LogP contribution in [0.25, 0.3) is 11.3 Å². The van der Waals surface area contributed by atoms with Gasteiger partial charge in [-0.3, -0.25) is 5.10 Å². The van der Waals surface area contributed by atoms with Crippen molar-refractivity contribution in [3.05, 3.63) is 36.5 Å². The zero-order valence-corrected chi connectivity index (χ0v) is 13.0. The Morgan fingerprint density at radius 2 is 1.95 bits per heavy atom. The van der Waals surface area contributed by atoms with Crippen molar-refractivity contribution in [1.82, 2.24) is 10.2 Å². The molecule has 1 fully saturated rings. The topological polar surface area (TPSA) is 40.7 Å². The third kappa shape index (κ3) is 3.46. The Morgan fingerprint density at radius 3 is 2.62 bits per heavy atom. The lowest BCUT2D eigenvalue weighted by atomic mass is 9.79. The maximum Gasteiger partial charge on any atom is 0.0650 e. The predicted molar refractivity (Wildman–Crippen MR) is 88.2 cm³/mol. The number of anilines is 1. The molecule has 0 radical (unpaired) electrons. The molecule has 2 unspecified atom stereocenters. The Hall–Kier alpha value is -1.77. The van der Waals surface area contributed by atoms with Crippen molar-refractivity contribution in [1.29, 1.82) is 0 Å². The van der Waals surface area contributed by atoms with Gasteiger partial charge in [-0.15, -0.1) is 0 Å². The van der Waals surface area contributed by atoms with Gasteiger partial charge >= 0.3 is 0 Å². The molecule has 2 aromatic rings. The summed E-state index contributed by atoms with van der Waals surface area (Å²) < 4.78 is 0. The number of rotatable bonds is 4. The van der Waals surface area contributed by atoms with Crippen molar-refractivity contribution in [2.45, 2.75) is 45.6 Å². The first-order chi connectivity index (χ1) is 10.2. The highest BCUT2D eigenvalue weighted by Crippen LogP contribution is 2.31. The van der Waals surface area contributed by atoms with Gasteiger partial charge < -0.3 is 5.32 Å². The molecule has 1 aliphatic carbocycles. The maximum atomic E-state index is 4.00. The van der Waals surface area contributed by atoms with Crippen molar-refractivity contribution >= 4 is 5.69 Å². The van der Waals surface area contributed by atoms with E-state index in [4.69, 9.17) is 0 Å². The van der Waals surface area contributed by atoms with Crippen molar-refractivity contribution in [2.24, 2.45) is 11.8 Å². The van der Waals surface area contributed by atoms with Crippen LogP contribution in [-0.2, 0) is 0 Å². The van der Waals surface area contributed by atoms with Gasteiger partial charge in [0, 0.05) is 17.9 Å². The Morgan fingerprint density at radius 1 is 1.14 bits per heavy atom. The average molecular weight is 283 g/mol. The van der Waals surface area contributed by atoms with Crippen molar-refractivity contribution in [2.75, 3.05) is 5.32 Å². The van der Waals surface area contributed by atoms with Crippen LogP contribution in [0, 0.1) is 11.8 Å². The van der Waals surface area contributed by atoms with E-state index < -0.39 is 0 Å². The zero-order chi connectivity index (χ0) is 14.7. The molecule has 112 valence electrons. The van der Waals surface area contributed by atoms with Crippen LogP contribution in [0.2, 0.25) is 0 Å². The van der Waals surface area contributed by atoms with Crippen LogP contribution in [0.15, 0.2) is 36.5 Å². The maximum absolute atomic E-state index is 4.00. The number of aromatic nitrogens is 2. The Labute approximate surface area is 127 Å². The van der Waals surface area contributed by atoms with Gasteiger partial charge in [0.1, 0.15) is 0 Å². The van der Waals surface area contributed by atoms with E-state index in [1.54, 1.807) is 6.20 Å². The minimum absolute atomic E-state index is 0.629. The molecule has 21 heavy (non-hydrogen) atoms. The molecule has 2 N–H and O–H groups in total. The van der Waals surface area contributed by atoms with E-state index in [0.29, 0.717) is 6.04 Å². The molecule has 0 amide bonds. The molecule has 1 aromatic carbocycles. The van der Waals surface area contributed by atoms with Gasteiger partial charge in [-0.2, -0.15) is 5.10 Å². The van der Waals surface area contributed by atoms with Gasteiger partial charge in [0.05, 0.1) is 5.69 Å². The summed E-state index contributed by atoms with van der Waals surface area (Å²) in [6, 6.07) is 11.3. The fourth-order valence-electron chi connectivity index (χ4n) is 3.36. The lowest BCUT2D eigenvalue weighted by Gasteiger charge is -2.32. The van der Waals surface area contributed by atoms with Crippen LogP contribution in [-0.4, -0.2) is 16.2 Å². The Kier molecular flexibility index (Phi) is 4.28. The van der Waals surface area contributed by atoms with Crippen LogP contribution in [0.5, 0.6) is 0 Å². The summed E-state index contributed by atoms with van der Waals surface area (Å²) in [6.07, 6.45) is 7.14. The molecule has 1 aliphatic rings. The van der Waals surface area contributed by atoms with E-state index in [2.05, 4.69) is 53.6 Å². The standard InChI is InChI=1S/C18H25N3/c1-13(2)15-4-3-5-17(12-15)20-16-8-6-14(7-9-16)18-10-11-19-21-18/h6-11,13,15,17,20H,3-5,12H2,1-2H3,(H,19,21). The fraction of sp³-hybridized carbons (Fsp3) is 0.500. The summed E-state index contributed by atoms with van der Waals surface area (Å²) in [4.78, 5) is 0. The van der Waals surface area contributed by atoms with Crippen LogP contribution in [0.1, 0.15) is 39.5 Å². The van der Waals surface area contributed by atoms with Crippen molar-refractivity contribution in [3.8, 4) is 11.3 Å². The van der Waals surface area contributed by atoms with Gasteiger partial charge in [-0.05, 0) is 48.4 Å². The zero-order valence-electron chi connectivity index (χ0n) is 13.0. The van der Waals surface area contributed by atoms with E-state index in [0.717, 1.165) is 17.5 Å². The predicted octanol–water partition coefficient (Wildman–Crippen LogP) is 4.70. The Bertz CT molecular complexity index is 542. The average Bonchev–Trinajstić information content (AvgIpc) is 3.02. The lowest BCUT2D eigenvalue weighted by Crippen LogP contribution is -2.29. The minimum atomic E-state index is 0.629. The normalized spacial score (nSPS) is 22.4. The Balaban J connectivity index is 1.62. The lowest BCUT2D eigenvalue weighted by molar-refractivity contribution is 0.264. The molecule has 0 spiro atoms. The first-order valence-electron chi connectivity index (χ1n) is 8.08. The summed E-state index contributed by atoms with van der Waals surface area (Å²) in [5.41, 5.74) is 3.48. The van der Waals surface area contributed by atoms with Crippen LogP contribution in [0.4, 0.5) is 5.69 Å². The molecule has 3 heteroatoms. The summed E-state index contributed by atoms with van der Waals surface area (Å²) in [6.45, 7) is 4.71. The number of H-pyrrole nitrogens is 1. The molecule has 3 rings (SSSR count). The van der Waals surface area contributed by atoms with Gasteiger partial charge in [-0.1, -0.05) is 38.8 Å². The highest BCUT2D eigenvalue weighted by Gasteiger charge is 2.23. The highest BCUT2D eigenvalue weighted by molar-refractivity contribution is 5.62. The number of nitrogens with zero attached hydrogens (tertiary/aromatic N) is 1. The quantitative estimate of drug-likeness (QED) is 0.853. The largest absolute Gasteiger partial charge is 0.382 e. The molecule has 1 saturated carbocycles.